The number of fused-ring (bicyclic) bond motifs is 1. The minimum Gasteiger partial charge on any atom is -0.377 e. The Balaban J connectivity index is 1.92. The molecule has 5 heteroatoms. The summed E-state index contributed by atoms with van der Waals surface area (Å²) < 4.78 is 5.41. The maximum absolute atomic E-state index is 5.41. The number of benzene rings is 1. The minimum absolute atomic E-state index is 0.251. The zero-order chi connectivity index (χ0) is 16.7. The summed E-state index contributed by atoms with van der Waals surface area (Å²) >= 11 is 0. The molecule has 0 spiro atoms. The van der Waals surface area contributed by atoms with Gasteiger partial charge in [-0.25, -0.2) is 0 Å². The maximum atomic E-state index is 5.41. The molecule has 0 saturated carbocycles. The number of aromatic amines is 1. The predicted octanol–water partition coefficient (Wildman–Crippen LogP) is 2.69. The molecule has 1 aromatic heterocycles. The topological polar surface area (TPSA) is 61.4 Å². The van der Waals surface area contributed by atoms with Gasteiger partial charge < -0.3 is 20.4 Å². The first-order valence-electron chi connectivity index (χ1n) is 8.18. The zero-order valence-electron chi connectivity index (χ0n) is 14.6. The number of aromatic nitrogens is 1. The molecule has 0 bridgehead atoms. The van der Waals surface area contributed by atoms with Crippen LogP contribution in [-0.2, 0) is 11.2 Å². The van der Waals surface area contributed by atoms with Gasteiger partial charge in [-0.2, -0.15) is 0 Å². The van der Waals surface area contributed by atoms with Crippen LogP contribution in [0.1, 0.15) is 26.3 Å². The third-order valence-corrected chi connectivity index (χ3v) is 3.88. The summed E-state index contributed by atoms with van der Waals surface area (Å²) in [7, 11) is 1.72. The lowest BCUT2D eigenvalue weighted by molar-refractivity contribution is 0.0310. The van der Waals surface area contributed by atoms with Gasteiger partial charge in [0.05, 0.1) is 12.1 Å². The van der Waals surface area contributed by atoms with Gasteiger partial charge in [0.15, 0.2) is 5.96 Å². The number of rotatable bonds is 7. The second-order valence-corrected chi connectivity index (χ2v) is 6.20. The molecular weight excluding hydrogens is 288 g/mol. The maximum Gasteiger partial charge on any atom is 0.191 e. The lowest BCUT2D eigenvalue weighted by Crippen LogP contribution is -2.40. The molecule has 0 atom stereocenters. The Morgan fingerprint density at radius 1 is 1.26 bits per heavy atom. The smallest absolute Gasteiger partial charge is 0.191 e. The third kappa shape index (κ3) is 4.99. The molecule has 3 N–H and O–H groups in total. The SMILES string of the molecule is CCNC(=NCC(C)(C)OC)NCCc1c[nH]c2ccccc12. The Hall–Kier alpha value is -2.01. The van der Waals surface area contributed by atoms with E-state index in [-0.39, 0.29) is 5.60 Å². The summed E-state index contributed by atoms with van der Waals surface area (Å²) in [5.41, 5.74) is 2.25. The molecule has 0 radical (unpaired) electrons. The van der Waals surface area contributed by atoms with Crippen molar-refractivity contribution < 1.29 is 4.74 Å². The first-order chi connectivity index (χ1) is 11.1. The molecule has 23 heavy (non-hydrogen) atoms. The number of methoxy groups -OCH3 is 1. The number of H-pyrrole nitrogens is 1. The highest BCUT2D eigenvalue weighted by Crippen LogP contribution is 2.17. The van der Waals surface area contributed by atoms with Crippen LogP contribution in [0.15, 0.2) is 35.5 Å². The van der Waals surface area contributed by atoms with Gasteiger partial charge in [-0.1, -0.05) is 18.2 Å². The van der Waals surface area contributed by atoms with Gasteiger partial charge in [-0.05, 0) is 38.8 Å². The molecule has 2 rings (SSSR count). The van der Waals surface area contributed by atoms with Crippen molar-refractivity contribution in [1.29, 1.82) is 0 Å². The molecule has 2 aromatic rings. The van der Waals surface area contributed by atoms with Gasteiger partial charge in [0.25, 0.3) is 0 Å². The summed E-state index contributed by atoms with van der Waals surface area (Å²) in [6, 6.07) is 8.38. The normalized spacial score (nSPS) is 12.6. The number of guanidine groups is 1. The van der Waals surface area contributed by atoms with Crippen LogP contribution in [0.4, 0.5) is 0 Å². The largest absolute Gasteiger partial charge is 0.377 e. The molecule has 1 heterocycles. The molecule has 0 unspecified atom stereocenters. The van der Waals surface area contributed by atoms with Gasteiger partial charge >= 0.3 is 0 Å². The Morgan fingerprint density at radius 3 is 2.78 bits per heavy atom. The molecule has 0 aliphatic carbocycles. The highest BCUT2D eigenvalue weighted by Gasteiger charge is 2.15. The van der Waals surface area contributed by atoms with Crippen LogP contribution in [0.5, 0.6) is 0 Å². The van der Waals surface area contributed by atoms with Crippen molar-refractivity contribution in [2.75, 3.05) is 26.7 Å². The van der Waals surface area contributed by atoms with Crippen molar-refractivity contribution in [2.45, 2.75) is 32.8 Å². The minimum atomic E-state index is -0.251. The molecule has 126 valence electrons. The molecule has 0 saturated heterocycles. The number of nitrogens with one attached hydrogen (secondary N) is 3. The van der Waals surface area contributed by atoms with Crippen LogP contribution in [0.3, 0.4) is 0 Å². The van der Waals surface area contributed by atoms with E-state index in [2.05, 4.69) is 51.9 Å². The second kappa shape index (κ2) is 8.02. The molecule has 0 fully saturated rings. The second-order valence-electron chi connectivity index (χ2n) is 6.20. The molecule has 0 aliphatic rings. The Labute approximate surface area is 138 Å². The van der Waals surface area contributed by atoms with Crippen molar-refractivity contribution in [3.05, 3.63) is 36.0 Å². The van der Waals surface area contributed by atoms with E-state index in [0.29, 0.717) is 6.54 Å². The van der Waals surface area contributed by atoms with E-state index in [1.165, 1.54) is 16.5 Å². The summed E-state index contributed by atoms with van der Waals surface area (Å²) in [4.78, 5) is 7.91. The fourth-order valence-corrected chi connectivity index (χ4v) is 2.33. The van der Waals surface area contributed by atoms with Gasteiger partial charge in [0.2, 0.25) is 0 Å². The van der Waals surface area contributed by atoms with Crippen molar-refractivity contribution in [1.82, 2.24) is 15.6 Å². The van der Waals surface area contributed by atoms with Gasteiger partial charge in [-0.3, -0.25) is 4.99 Å². The molecule has 0 aliphatic heterocycles. The number of aliphatic imine (C=N–C) groups is 1. The van der Waals surface area contributed by atoms with Gasteiger partial charge in [-0.15, -0.1) is 0 Å². The van der Waals surface area contributed by atoms with Crippen LogP contribution in [0.25, 0.3) is 10.9 Å². The summed E-state index contributed by atoms with van der Waals surface area (Å²) in [5.74, 6) is 0.831. The van der Waals surface area contributed by atoms with E-state index in [1.807, 2.05) is 19.9 Å². The number of hydrogen-bond donors (Lipinski definition) is 3. The van der Waals surface area contributed by atoms with Crippen LogP contribution in [0, 0.1) is 0 Å². The van der Waals surface area contributed by atoms with Crippen LogP contribution in [0.2, 0.25) is 0 Å². The highest BCUT2D eigenvalue weighted by atomic mass is 16.5. The number of hydrogen-bond acceptors (Lipinski definition) is 2. The zero-order valence-corrected chi connectivity index (χ0v) is 14.6. The monoisotopic (exact) mass is 316 g/mol. The van der Waals surface area contributed by atoms with E-state index in [9.17, 15) is 0 Å². The van der Waals surface area contributed by atoms with Crippen LogP contribution >= 0.6 is 0 Å². The highest BCUT2D eigenvalue weighted by molar-refractivity contribution is 5.83. The van der Waals surface area contributed by atoms with Crippen molar-refractivity contribution >= 4 is 16.9 Å². The average Bonchev–Trinajstić information content (AvgIpc) is 2.96. The first kappa shape index (κ1) is 17.3. The molecular formula is C18H28N4O. The van der Waals surface area contributed by atoms with E-state index in [4.69, 9.17) is 4.74 Å². The lowest BCUT2D eigenvalue weighted by Gasteiger charge is -2.21. The fraction of sp³-hybridized carbons (Fsp3) is 0.500. The van der Waals surface area contributed by atoms with Crippen molar-refractivity contribution in [3.63, 3.8) is 0 Å². The first-order valence-corrected chi connectivity index (χ1v) is 8.18. The van der Waals surface area contributed by atoms with Crippen molar-refractivity contribution in [3.8, 4) is 0 Å². The van der Waals surface area contributed by atoms with Crippen molar-refractivity contribution in [2.24, 2.45) is 4.99 Å². The van der Waals surface area contributed by atoms with Crippen LogP contribution in [-0.4, -0.2) is 43.3 Å². The predicted molar refractivity (Wildman–Crippen MR) is 97.1 cm³/mol. The standard InChI is InChI=1S/C18H28N4O/c1-5-19-17(22-13-18(2,3)23-4)20-11-10-14-12-21-16-9-7-6-8-15(14)16/h6-9,12,21H,5,10-11,13H2,1-4H3,(H2,19,20,22). The molecule has 1 aromatic carbocycles. The van der Waals surface area contributed by atoms with E-state index < -0.39 is 0 Å². The quantitative estimate of drug-likeness (QED) is 0.544. The van der Waals surface area contributed by atoms with Gasteiger partial charge in [0, 0.05) is 37.3 Å². The third-order valence-electron chi connectivity index (χ3n) is 3.88. The Morgan fingerprint density at radius 2 is 2.04 bits per heavy atom. The van der Waals surface area contributed by atoms with Gasteiger partial charge in [0.1, 0.15) is 0 Å². The number of para-hydroxylation sites is 1. The van der Waals surface area contributed by atoms with E-state index in [0.717, 1.165) is 25.5 Å². The molecule has 5 nitrogen and oxygen atoms in total. The summed E-state index contributed by atoms with van der Waals surface area (Å²) in [6.07, 6.45) is 3.03. The molecule has 0 amide bonds. The Bertz CT molecular complexity index is 645. The van der Waals surface area contributed by atoms with E-state index >= 15 is 0 Å². The fourth-order valence-electron chi connectivity index (χ4n) is 2.33. The summed E-state index contributed by atoms with van der Waals surface area (Å²) in [6.45, 7) is 8.43. The number of ether oxygens (including phenoxy) is 1. The van der Waals surface area contributed by atoms with Crippen LogP contribution < -0.4 is 10.6 Å². The average molecular weight is 316 g/mol. The lowest BCUT2D eigenvalue weighted by atomic mass is 10.1. The summed E-state index contributed by atoms with van der Waals surface area (Å²) in [5, 5.41) is 7.95. The Kier molecular flexibility index (Phi) is 6.04. The van der Waals surface area contributed by atoms with E-state index in [1.54, 1.807) is 7.11 Å². The number of nitrogens with zero attached hydrogens (tertiary/aromatic N) is 1.